The maximum absolute atomic E-state index is 13.5. The number of carbonyl (C=O) groups is 1. The Labute approximate surface area is 222 Å². The van der Waals surface area contributed by atoms with Gasteiger partial charge < -0.3 is 10.2 Å². The molecule has 2 N–H and O–H groups in total. The summed E-state index contributed by atoms with van der Waals surface area (Å²) in [6, 6.07) is 11.0. The van der Waals surface area contributed by atoms with Crippen LogP contribution < -0.4 is 5.32 Å². The summed E-state index contributed by atoms with van der Waals surface area (Å²) in [4.78, 5) is 18.1. The van der Waals surface area contributed by atoms with Crippen molar-refractivity contribution < 1.29 is 13.2 Å². The molecule has 0 saturated carbocycles. The third kappa shape index (κ3) is 5.62. The van der Waals surface area contributed by atoms with Gasteiger partial charge in [0.15, 0.2) is 9.84 Å². The fourth-order valence-electron chi connectivity index (χ4n) is 5.27. The molecule has 1 saturated heterocycles. The lowest BCUT2D eigenvalue weighted by Gasteiger charge is -2.30. The summed E-state index contributed by atoms with van der Waals surface area (Å²) in [5, 5.41) is 13.6. The molecule has 0 radical (unpaired) electrons. The molecule has 3 aromatic rings. The molecule has 5 rings (SSSR count). The van der Waals surface area contributed by atoms with Gasteiger partial charge in [0.2, 0.25) is 5.91 Å². The molecule has 8 nitrogen and oxygen atoms in total. The highest BCUT2D eigenvalue weighted by atomic mass is 32.2. The summed E-state index contributed by atoms with van der Waals surface area (Å²) in [6.45, 7) is 2.42. The fraction of sp³-hybridized carbons (Fsp3) is 0.407. The number of nitrogens with zero attached hydrogens (tertiary/aromatic N) is 3. The number of aromatic nitrogens is 2. The van der Waals surface area contributed by atoms with Gasteiger partial charge in [-0.25, -0.2) is 8.42 Å². The summed E-state index contributed by atoms with van der Waals surface area (Å²) >= 11 is 1.76. The minimum Gasteiger partial charge on any atom is -0.325 e. The molecule has 196 valence electrons. The Morgan fingerprint density at radius 1 is 1.22 bits per heavy atom. The molecule has 1 aromatic heterocycles. The van der Waals surface area contributed by atoms with Crippen LogP contribution in [0.25, 0.3) is 22.2 Å². The van der Waals surface area contributed by atoms with Gasteiger partial charge in [-0.3, -0.25) is 14.8 Å². The first-order valence-corrected chi connectivity index (χ1v) is 15.4. The number of nitrogens with one attached hydrogen (secondary N) is 2. The van der Waals surface area contributed by atoms with E-state index in [0.29, 0.717) is 28.4 Å². The second-order valence-electron chi connectivity index (χ2n) is 10.2. The number of thioether (sulfide) groups is 1. The van der Waals surface area contributed by atoms with Gasteiger partial charge in [0.05, 0.1) is 16.5 Å². The predicted octanol–water partition coefficient (Wildman–Crippen LogP) is 3.97. The number of carbonyl (C=O) groups excluding carboxylic acids is 1. The van der Waals surface area contributed by atoms with Crippen LogP contribution in [-0.2, 0) is 21.2 Å². The lowest BCUT2D eigenvalue weighted by atomic mass is 9.99. The van der Waals surface area contributed by atoms with Crippen LogP contribution in [0.15, 0.2) is 52.8 Å². The molecular weight excluding hydrogens is 506 g/mol. The number of amides is 1. The molecule has 1 amide bonds. The van der Waals surface area contributed by atoms with Gasteiger partial charge in [0.1, 0.15) is 5.69 Å². The van der Waals surface area contributed by atoms with Gasteiger partial charge in [0, 0.05) is 41.1 Å². The highest BCUT2D eigenvalue weighted by Crippen LogP contribution is 2.33. The van der Waals surface area contributed by atoms with E-state index in [0.717, 1.165) is 48.2 Å². The fourth-order valence-corrected chi connectivity index (χ4v) is 7.16. The Morgan fingerprint density at radius 2 is 2.00 bits per heavy atom. The van der Waals surface area contributed by atoms with E-state index in [2.05, 4.69) is 31.9 Å². The van der Waals surface area contributed by atoms with Crippen LogP contribution in [0.2, 0.25) is 0 Å². The summed E-state index contributed by atoms with van der Waals surface area (Å²) in [7, 11) is 0.390. The van der Waals surface area contributed by atoms with E-state index < -0.39 is 9.84 Å². The van der Waals surface area contributed by atoms with Gasteiger partial charge in [-0.05, 0) is 75.3 Å². The van der Waals surface area contributed by atoms with Crippen LogP contribution in [0, 0.1) is 5.92 Å². The van der Waals surface area contributed by atoms with Gasteiger partial charge in [0.25, 0.3) is 0 Å². The van der Waals surface area contributed by atoms with Crippen molar-refractivity contribution in [3.63, 3.8) is 0 Å². The lowest BCUT2D eigenvalue weighted by molar-refractivity contribution is -0.122. The Balaban J connectivity index is 1.46. The van der Waals surface area contributed by atoms with Crippen molar-refractivity contribution in [1.82, 2.24) is 20.0 Å². The van der Waals surface area contributed by atoms with E-state index in [9.17, 15) is 13.2 Å². The first-order chi connectivity index (χ1) is 17.7. The van der Waals surface area contributed by atoms with E-state index in [1.807, 2.05) is 49.3 Å². The SMILES string of the molecule is CN(C)Cc1ccc(-c2n[nH]c3ccc(NC(=O)C(C4C=CSC4)N4CCCC4)cc23)cc1S(C)(=O)=O. The molecule has 0 bridgehead atoms. The molecule has 2 unspecified atom stereocenters. The van der Waals surface area contributed by atoms with E-state index in [4.69, 9.17) is 0 Å². The standard InChI is InChI=1S/C27H33N5O3S2/c1-31(2)16-19-7-6-18(14-24(19)37(3,34)35)25-22-15-21(8-9-23(22)29-30-25)28-27(33)26(20-10-13-36-17-20)32-11-4-5-12-32/h6-10,13-15,20,26H,4-5,11-12,16-17H2,1-3H3,(H,28,33)(H,29,30). The number of hydrogen-bond donors (Lipinski definition) is 2. The predicted molar refractivity (Wildman–Crippen MR) is 150 cm³/mol. The number of anilines is 1. The second kappa shape index (κ2) is 10.6. The zero-order valence-corrected chi connectivity index (χ0v) is 23.0. The first-order valence-electron chi connectivity index (χ1n) is 12.5. The third-order valence-corrected chi connectivity index (χ3v) is 9.08. The largest absolute Gasteiger partial charge is 0.325 e. The van der Waals surface area contributed by atoms with Crippen LogP contribution in [-0.4, -0.2) is 79.6 Å². The number of likely N-dealkylation sites (tertiary alicyclic amines) is 1. The summed E-state index contributed by atoms with van der Waals surface area (Å²) < 4.78 is 25.1. The average molecular weight is 540 g/mol. The Kier molecular flexibility index (Phi) is 7.44. The normalized spacial score (nSPS) is 19.2. The number of benzene rings is 2. The van der Waals surface area contributed by atoms with Crippen molar-refractivity contribution in [1.29, 1.82) is 0 Å². The number of aromatic amines is 1. The van der Waals surface area contributed by atoms with Gasteiger partial charge in [-0.15, -0.1) is 11.8 Å². The maximum Gasteiger partial charge on any atom is 0.242 e. The highest BCUT2D eigenvalue weighted by molar-refractivity contribution is 8.02. The molecule has 2 aliphatic rings. The second-order valence-corrected chi connectivity index (χ2v) is 13.1. The molecule has 2 aromatic carbocycles. The Bertz CT molecular complexity index is 1440. The van der Waals surface area contributed by atoms with Gasteiger partial charge in [-0.1, -0.05) is 18.2 Å². The zero-order chi connectivity index (χ0) is 26.2. The molecule has 2 aliphatic heterocycles. The number of sulfone groups is 1. The molecule has 10 heteroatoms. The monoisotopic (exact) mass is 539 g/mol. The quantitative estimate of drug-likeness (QED) is 0.447. The molecular formula is C27H33N5O3S2. The summed E-state index contributed by atoms with van der Waals surface area (Å²) in [5.74, 6) is 1.13. The minimum absolute atomic E-state index is 0.0100. The average Bonchev–Trinajstić information content (AvgIpc) is 3.61. The van der Waals surface area contributed by atoms with Crippen molar-refractivity contribution >= 4 is 44.1 Å². The molecule has 0 aliphatic carbocycles. The van der Waals surface area contributed by atoms with Crippen LogP contribution in [0.4, 0.5) is 5.69 Å². The Hall–Kier alpha value is -2.66. The molecule has 3 heterocycles. The Morgan fingerprint density at radius 3 is 2.68 bits per heavy atom. The van der Waals surface area contributed by atoms with Gasteiger partial charge in [-0.2, -0.15) is 5.10 Å². The topological polar surface area (TPSA) is 98.4 Å². The molecule has 0 spiro atoms. The van der Waals surface area contributed by atoms with Crippen molar-refractivity contribution in [3.8, 4) is 11.3 Å². The summed E-state index contributed by atoms with van der Waals surface area (Å²) in [5.41, 5.74) is 3.62. The van der Waals surface area contributed by atoms with Crippen LogP contribution in [0.5, 0.6) is 0 Å². The number of H-pyrrole nitrogens is 1. The van der Waals surface area contributed by atoms with E-state index >= 15 is 0 Å². The highest BCUT2D eigenvalue weighted by Gasteiger charge is 2.35. The minimum atomic E-state index is -3.43. The van der Waals surface area contributed by atoms with Crippen LogP contribution >= 0.6 is 11.8 Å². The molecule has 37 heavy (non-hydrogen) atoms. The van der Waals surface area contributed by atoms with Crippen LogP contribution in [0.3, 0.4) is 0 Å². The van der Waals surface area contributed by atoms with E-state index in [1.165, 1.54) is 6.26 Å². The van der Waals surface area contributed by atoms with Crippen molar-refractivity contribution in [2.24, 2.45) is 5.92 Å². The van der Waals surface area contributed by atoms with Crippen molar-refractivity contribution in [3.05, 3.63) is 53.4 Å². The summed E-state index contributed by atoms with van der Waals surface area (Å²) in [6.07, 6.45) is 5.64. The van der Waals surface area contributed by atoms with Crippen LogP contribution in [0.1, 0.15) is 18.4 Å². The van der Waals surface area contributed by atoms with E-state index in [1.54, 1.807) is 17.8 Å². The van der Waals surface area contributed by atoms with E-state index in [-0.39, 0.29) is 17.9 Å². The lowest BCUT2D eigenvalue weighted by Crippen LogP contribution is -2.47. The number of hydrogen-bond acceptors (Lipinski definition) is 7. The smallest absolute Gasteiger partial charge is 0.242 e. The van der Waals surface area contributed by atoms with Crippen molar-refractivity contribution in [2.45, 2.75) is 30.3 Å². The zero-order valence-electron chi connectivity index (χ0n) is 21.4. The third-order valence-electron chi connectivity index (χ3n) is 6.98. The van der Waals surface area contributed by atoms with Gasteiger partial charge >= 0.3 is 0 Å². The maximum atomic E-state index is 13.5. The van der Waals surface area contributed by atoms with Crippen molar-refractivity contribution in [2.75, 3.05) is 44.5 Å². The molecule has 2 atom stereocenters. The number of rotatable bonds is 8. The first kappa shape index (κ1) is 26.0. The molecule has 1 fully saturated rings. The number of fused-ring (bicyclic) bond motifs is 1.